The van der Waals surface area contributed by atoms with Crippen LogP contribution in [0.5, 0.6) is 0 Å². The summed E-state index contributed by atoms with van der Waals surface area (Å²) in [4.78, 5) is 2.47. The Bertz CT molecular complexity index is 624. The fourth-order valence-corrected chi connectivity index (χ4v) is 3.06. The van der Waals surface area contributed by atoms with Gasteiger partial charge in [0.1, 0.15) is 0 Å². The fraction of sp³-hybridized carbons (Fsp3) is 0.333. The Morgan fingerprint density at radius 3 is 2.90 bits per heavy atom. The molecule has 2 aromatic carbocycles. The van der Waals surface area contributed by atoms with E-state index in [9.17, 15) is 0 Å². The Balaban J connectivity index is 1.60. The maximum Gasteiger partial charge on any atom is 0.0455 e. The molecule has 1 aliphatic heterocycles. The molecule has 0 saturated carbocycles. The third-order valence-corrected chi connectivity index (χ3v) is 4.50. The first-order valence-corrected chi connectivity index (χ1v) is 7.95. The molecule has 21 heavy (non-hydrogen) atoms. The zero-order valence-electron chi connectivity index (χ0n) is 12.4. The minimum atomic E-state index is 0.823. The van der Waals surface area contributed by atoms with Crippen molar-refractivity contribution in [1.82, 2.24) is 0 Å². The quantitative estimate of drug-likeness (QED) is 0.893. The van der Waals surface area contributed by atoms with Crippen LogP contribution in [0.15, 0.2) is 42.5 Å². The van der Waals surface area contributed by atoms with Gasteiger partial charge in [-0.3, -0.25) is 0 Å². The zero-order valence-corrected chi connectivity index (χ0v) is 13.2. The van der Waals surface area contributed by atoms with E-state index in [4.69, 9.17) is 11.6 Å². The van der Waals surface area contributed by atoms with Crippen molar-refractivity contribution in [2.45, 2.75) is 19.8 Å². The van der Waals surface area contributed by atoms with E-state index in [1.165, 1.54) is 24.1 Å². The normalized spacial score (nSPS) is 13.9. The van der Waals surface area contributed by atoms with Crippen molar-refractivity contribution in [1.29, 1.82) is 0 Å². The lowest BCUT2D eigenvalue weighted by Crippen LogP contribution is -2.33. The standard InChI is InChI=1S/C18H21ClN2/c1-14-8-9-16(13-17(14)19)20-10-12-21-11-4-6-15-5-2-3-7-18(15)21/h2-3,5,7-9,13,20H,4,6,10-12H2,1H3. The highest BCUT2D eigenvalue weighted by molar-refractivity contribution is 6.31. The molecule has 0 fully saturated rings. The van der Waals surface area contributed by atoms with Gasteiger partial charge in [-0.1, -0.05) is 35.9 Å². The molecule has 3 heteroatoms. The van der Waals surface area contributed by atoms with E-state index < -0.39 is 0 Å². The summed E-state index contributed by atoms with van der Waals surface area (Å²) < 4.78 is 0. The number of nitrogens with one attached hydrogen (secondary N) is 1. The maximum atomic E-state index is 6.16. The molecule has 0 aliphatic carbocycles. The van der Waals surface area contributed by atoms with E-state index >= 15 is 0 Å². The monoisotopic (exact) mass is 300 g/mol. The fourth-order valence-electron chi connectivity index (χ4n) is 2.88. The molecule has 0 bridgehead atoms. The van der Waals surface area contributed by atoms with Gasteiger partial charge in [0.15, 0.2) is 0 Å². The minimum Gasteiger partial charge on any atom is -0.383 e. The Hall–Kier alpha value is -1.67. The largest absolute Gasteiger partial charge is 0.383 e. The summed E-state index contributed by atoms with van der Waals surface area (Å²) in [7, 11) is 0. The summed E-state index contributed by atoms with van der Waals surface area (Å²) in [6.45, 7) is 5.11. The molecule has 0 saturated heterocycles. The van der Waals surface area contributed by atoms with Crippen LogP contribution < -0.4 is 10.2 Å². The van der Waals surface area contributed by atoms with Crippen LogP contribution in [0.4, 0.5) is 11.4 Å². The molecule has 0 unspecified atom stereocenters. The van der Waals surface area contributed by atoms with Gasteiger partial charge in [0.05, 0.1) is 0 Å². The number of fused-ring (bicyclic) bond motifs is 1. The highest BCUT2D eigenvalue weighted by Crippen LogP contribution is 2.26. The third kappa shape index (κ3) is 3.33. The molecular weight excluding hydrogens is 280 g/mol. The molecule has 0 aromatic heterocycles. The Morgan fingerprint density at radius 1 is 1.19 bits per heavy atom. The number of hydrogen-bond acceptors (Lipinski definition) is 2. The lowest BCUT2D eigenvalue weighted by molar-refractivity contribution is 0.698. The minimum absolute atomic E-state index is 0.823. The van der Waals surface area contributed by atoms with Crippen molar-refractivity contribution in [3.8, 4) is 0 Å². The van der Waals surface area contributed by atoms with Gasteiger partial charge < -0.3 is 10.2 Å². The van der Waals surface area contributed by atoms with E-state index in [0.717, 1.165) is 35.9 Å². The Kier molecular flexibility index (Phi) is 4.35. The Morgan fingerprint density at radius 2 is 2.05 bits per heavy atom. The molecule has 1 aliphatic rings. The molecule has 1 heterocycles. The number of para-hydroxylation sites is 1. The molecule has 0 radical (unpaired) electrons. The first-order chi connectivity index (χ1) is 10.2. The van der Waals surface area contributed by atoms with Crippen molar-refractivity contribution >= 4 is 23.0 Å². The van der Waals surface area contributed by atoms with Gasteiger partial charge in [0.2, 0.25) is 0 Å². The van der Waals surface area contributed by atoms with Gasteiger partial charge in [0, 0.05) is 36.0 Å². The SMILES string of the molecule is Cc1ccc(NCCN2CCCc3ccccc32)cc1Cl. The van der Waals surface area contributed by atoms with Gasteiger partial charge in [-0.15, -0.1) is 0 Å². The van der Waals surface area contributed by atoms with Crippen LogP contribution in [-0.2, 0) is 6.42 Å². The molecule has 110 valence electrons. The van der Waals surface area contributed by atoms with Crippen LogP contribution >= 0.6 is 11.6 Å². The zero-order chi connectivity index (χ0) is 14.7. The number of nitrogens with zero attached hydrogens (tertiary/aromatic N) is 1. The number of anilines is 2. The highest BCUT2D eigenvalue weighted by Gasteiger charge is 2.15. The average molecular weight is 301 g/mol. The molecule has 0 amide bonds. The van der Waals surface area contributed by atoms with Crippen molar-refractivity contribution in [3.63, 3.8) is 0 Å². The van der Waals surface area contributed by atoms with E-state index in [1.54, 1.807) is 0 Å². The van der Waals surface area contributed by atoms with E-state index in [0.29, 0.717) is 0 Å². The van der Waals surface area contributed by atoms with E-state index in [-0.39, 0.29) is 0 Å². The lowest BCUT2D eigenvalue weighted by atomic mass is 10.0. The van der Waals surface area contributed by atoms with Crippen LogP contribution in [0, 0.1) is 6.92 Å². The van der Waals surface area contributed by atoms with Gasteiger partial charge in [0.25, 0.3) is 0 Å². The van der Waals surface area contributed by atoms with Crippen molar-refractivity contribution in [3.05, 3.63) is 58.6 Å². The topological polar surface area (TPSA) is 15.3 Å². The van der Waals surface area contributed by atoms with Crippen LogP contribution in [0.2, 0.25) is 5.02 Å². The summed E-state index contributed by atoms with van der Waals surface area (Å²) in [5.74, 6) is 0. The predicted octanol–water partition coefficient (Wildman–Crippen LogP) is 4.51. The van der Waals surface area contributed by atoms with Crippen LogP contribution in [-0.4, -0.2) is 19.6 Å². The highest BCUT2D eigenvalue weighted by atomic mass is 35.5. The van der Waals surface area contributed by atoms with Gasteiger partial charge in [-0.05, 0) is 49.1 Å². The molecule has 0 atom stereocenters. The average Bonchev–Trinajstić information content (AvgIpc) is 2.51. The molecule has 2 nitrogen and oxygen atoms in total. The second-order valence-corrected chi connectivity index (χ2v) is 6.02. The van der Waals surface area contributed by atoms with Crippen LogP contribution in [0.25, 0.3) is 0 Å². The third-order valence-electron chi connectivity index (χ3n) is 4.09. The Labute approximate surface area is 131 Å². The number of halogens is 1. The predicted molar refractivity (Wildman–Crippen MR) is 91.7 cm³/mol. The molecular formula is C18H21ClN2. The summed E-state index contributed by atoms with van der Waals surface area (Å²) in [5.41, 5.74) is 5.08. The second-order valence-electron chi connectivity index (χ2n) is 5.61. The van der Waals surface area contributed by atoms with E-state index in [1.807, 2.05) is 13.0 Å². The van der Waals surface area contributed by atoms with Crippen molar-refractivity contribution in [2.75, 3.05) is 29.9 Å². The molecule has 0 spiro atoms. The number of benzene rings is 2. The molecule has 2 aromatic rings. The summed E-state index contributed by atoms with van der Waals surface area (Å²) >= 11 is 6.16. The van der Waals surface area contributed by atoms with Crippen LogP contribution in [0.3, 0.4) is 0 Å². The van der Waals surface area contributed by atoms with Gasteiger partial charge in [-0.25, -0.2) is 0 Å². The van der Waals surface area contributed by atoms with Crippen LogP contribution in [0.1, 0.15) is 17.5 Å². The summed E-state index contributed by atoms with van der Waals surface area (Å²) in [6, 6.07) is 14.9. The first kappa shape index (κ1) is 14.3. The van der Waals surface area contributed by atoms with Crippen molar-refractivity contribution < 1.29 is 0 Å². The number of hydrogen-bond donors (Lipinski definition) is 1. The van der Waals surface area contributed by atoms with E-state index in [2.05, 4.69) is 46.6 Å². The number of aryl methyl sites for hydroxylation is 2. The maximum absolute atomic E-state index is 6.16. The van der Waals surface area contributed by atoms with Gasteiger partial charge in [-0.2, -0.15) is 0 Å². The lowest BCUT2D eigenvalue weighted by Gasteiger charge is -2.31. The smallest absolute Gasteiger partial charge is 0.0455 e. The first-order valence-electron chi connectivity index (χ1n) is 7.57. The second kappa shape index (κ2) is 6.40. The summed E-state index contributed by atoms with van der Waals surface area (Å²) in [6.07, 6.45) is 2.45. The summed E-state index contributed by atoms with van der Waals surface area (Å²) in [5, 5.41) is 4.29. The molecule has 3 rings (SSSR count). The molecule has 1 N–H and O–H groups in total. The van der Waals surface area contributed by atoms with Crippen molar-refractivity contribution in [2.24, 2.45) is 0 Å². The number of rotatable bonds is 4. The van der Waals surface area contributed by atoms with Gasteiger partial charge >= 0.3 is 0 Å².